The van der Waals surface area contributed by atoms with Gasteiger partial charge in [0.15, 0.2) is 5.16 Å². The van der Waals surface area contributed by atoms with Crippen LogP contribution in [0.5, 0.6) is 0 Å². The SMILES string of the molecule is CCCCn1c(SCC(=O)NC2(C#N)CCCC2)nc(C)c1C. The Labute approximate surface area is 142 Å². The molecule has 0 radical (unpaired) electrons. The van der Waals surface area contributed by atoms with Gasteiger partial charge in [0.1, 0.15) is 5.54 Å². The Morgan fingerprint density at radius 3 is 2.74 bits per heavy atom. The molecule has 0 atom stereocenters. The normalized spacial score (nSPS) is 16.3. The third-order valence-electron chi connectivity index (χ3n) is 4.54. The van der Waals surface area contributed by atoms with Crippen LogP contribution in [0.2, 0.25) is 0 Å². The second-order valence-electron chi connectivity index (χ2n) is 6.31. The molecule has 1 heterocycles. The standard InChI is InChI=1S/C17H26N4OS/c1-4-5-10-21-14(3)13(2)19-16(21)23-11-15(22)20-17(12-18)8-6-7-9-17/h4-11H2,1-3H3,(H,20,22). The van der Waals surface area contributed by atoms with Crippen molar-refractivity contribution in [3.63, 3.8) is 0 Å². The summed E-state index contributed by atoms with van der Waals surface area (Å²) >= 11 is 1.46. The molecular weight excluding hydrogens is 308 g/mol. The Morgan fingerprint density at radius 1 is 1.43 bits per heavy atom. The largest absolute Gasteiger partial charge is 0.337 e. The van der Waals surface area contributed by atoms with Crippen molar-refractivity contribution in [3.05, 3.63) is 11.4 Å². The van der Waals surface area contributed by atoms with Gasteiger partial charge in [0.25, 0.3) is 0 Å². The molecule has 126 valence electrons. The van der Waals surface area contributed by atoms with E-state index in [9.17, 15) is 10.1 Å². The first-order valence-electron chi connectivity index (χ1n) is 8.40. The van der Waals surface area contributed by atoms with Crippen LogP contribution < -0.4 is 5.32 Å². The van der Waals surface area contributed by atoms with Gasteiger partial charge in [-0.05, 0) is 46.0 Å². The van der Waals surface area contributed by atoms with Crippen LogP contribution in [0.3, 0.4) is 0 Å². The number of carbonyl (C=O) groups is 1. The summed E-state index contributed by atoms with van der Waals surface area (Å²) < 4.78 is 2.20. The smallest absolute Gasteiger partial charge is 0.231 e. The molecule has 1 saturated carbocycles. The fourth-order valence-electron chi connectivity index (χ4n) is 2.99. The van der Waals surface area contributed by atoms with Gasteiger partial charge in [0, 0.05) is 12.2 Å². The molecule has 6 heteroatoms. The summed E-state index contributed by atoms with van der Waals surface area (Å²) in [6.07, 6.45) is 5.80. The third kappa shape index (κ3) is 4.29. The van der Waals surface area contributed by atoms with Crippen LogP contribution in [-0.4, -0.2) is 26.8 Å². The zero-order valence-corrected chi connectivity index (χ0v) is 15.1. The number of aromatic nitrogens is 2. The lowest BCUT2D eigenvalue weighted by molar-refractivity contribution is -0.119. The predicted molar refractivity (Wildman–Crippen MR) is 92.3 cm³/mol. The average Bonchev–Trinajstić information content (AvgIpc) is 3.10. The van der Waals surface area contributed by atoms with Crippen molar-refractivity contribution in [2.75, 3.05) is 5.75 Å². The van der Waals surface area contributed by atoms with Gasteiger partial charge in [0.2, 0.25) is 5.91 Å². The number of aryl methyl sites for hydroxylation is 1. The second-order valence-corrected chi connectivity index (χ2v) is 7.25. The average molecular weight is 334 g/mol. The number of carbonyl (C=O) groups excluding carboxylic acids is 1. The number of nitriles is 1. The van der Waals surface area contributed by atoms with Crippen LogP contribution in [0.4, 0.5) is 0 Å². The first kappa shape index (κ1) is 17.9. The number of hydrogen-bond acceptors (Lipinski definition) is 4. The molecule has 0 spiro atoms. The molecule has 1 aliphatic rings. The van der Waals surface area contributed by atoms with Crippen LogP contribution >= 0.6 is 11.8 Å². The maximum Gasteiger partial charge on any atom is 0.231 e. The Hall–Kier alpha value is -1.48. The lowest BCUT2D eigenvalue weighted by Gasteiger charge is -2.21. The van der Waals surface area contributed by atoms with Gasteiger partial charge in [-0.3, -0.25) is 4.79 Å². The van der Waals surface area contributed by atoms with Gasteiger partial charge in [0.05, 0.1) is 17.5 Å². The van der Waals surface area contributed by atoms with Gasteiger partial charge in [-0.25, -0.2) is 4.98 Å². The molecule has 1 amide bonds. The van der Waals surface area contributed by atoms with Crippen molar-refractivity contribution in [2.45, 2.75) is 76.5 Å². The highest BCUT2D eigenvalue weighted by atomic mass is 32.2. The van der Waals surface area contributed by atoms with Crippen molar-refractivity contribution >= 4 is 17.7 Å². The van der Waals surface area contributed by atoms with Crippen molar-refractivity contribution in [1.82, 2.24) is 14.9 Å². The highest BCUT2D eigenvalue weighted by molar-refractivity contribution is 7.99. The molecule has 0 aromatic carbocycles. The molecular formula is C17H26N4OS. The summed E-state index contributed by atoms with van der Waals surface area (Å²) in [7, 11) is 0. The molecule has 5 nitrogen and oxygen atoms in total. The van der Waals surface area contributed by atoms with E-state index in [1.54, 1.807) is 0 Å². The van der Waals surface area contributed by atoms with E-state index in [0.29, 0.717) is 5.75 Å². The van der Waals surface area contributed by atoms with Gasteiger partial charge in [-0.15, -0.1) is 0 Å². The van der Waals surface area contributed by atoms with Gasteiger partial charge in [-0.2, -0.15) is 5.26 Å². The van der Waals surface area contributed by atoms with Gasteiger partial charge < -0.3 is 9.88 Å². The predicted octanol–water partition coefficient (Wildman–Crippen LogP) is 3.34. The maximum atomic E-state index is 12.2. The topological polar surface area (TPSA) is 70.7 Å². The van der Waals surface area contributed by atoms with E-state index in [4.69, 9.17) is 0 Å². The fourth-order valence-corrected chi connectivity index (χ4v) is 3.91. The van der Waals surface area contributed by atoms with E-state index in [0.717, 1.165) is 55.9 Å². The number of nitrogens with zero attached hydrogens (tertiary/aromatic N) is 3. The highest BCUT2D eigenvalue weighted by Gasteiger charge is 2.35. The van der Waals surface area contributed by atoms with Crippen molar-refractivity contribution in [1.29, 1.82) is 5.26 Å². The molecule has 1 fully saturated rings. The lowest BCUT2D eigenvalue weighted by atomic mass is 10.0. The number of imidazole rings is 1. The highest BCUT2D eigenvalue weighted by Crippen LogP contribution is 2.29. The molecule has 1 aromatic rings. The lowest BCUT2D eigenvalue weighted by Crippen LogP contribution is -2.45. The first-order chi connectivity index (χ1) is 11.0. The van der Waals surface area contributed by atoms with E-state index in [1.807, 2.05) is 6.92 Å². The molecule has 1 aliphatic carbocycles. The minimum atomic E-state index is -0.638. The molecule has 1 aromatic heterocycles. The van der Waals surface area contributed by atoms with Crippen LogP contribution in [0.15, 0.2) is 5.16 Å². The zero-order chi connectivity index (χ0) is 16.9. The fraction of sp³-hybridized carbons (Fsp3) is 0.706. The number of thioether (sulfide) groups is 1. The molecule has 0 saturated heterocycles. The summed E-state index contributed by atoms with van der Waals surface area (Å²) in [5, 5.41) is 13.2. The Bertz CT molecular complexity index is 596. The van der Waals surface area contributed by atoms with Crippen LogP contribution in [-0.2, 0) is 11.3 Å². The Morgan fingerprint density at radius 2 is 2.13 bits per heavy atom. The van der Waals surface area contributed by atoms with Crippen LogP contribution in [0, 0.1) is 25.2 Å². The molecule has 2 rings (SSSR count). The van der Waals surface area contributed by atoms with E-state index in [1.165, 1.54) is 17.5 Å². The third-order valence-corrected chi connectivity index (χ3v) is 5.52. The maximum absolute atomic E-state index is 12.2. The first-order valence-corrected chi connectivity index (χ1v) is 9.38. The number of hydrogen-bond donors (Lipinski definition) is 1. The van der Waals surface area contributed by atoms with Crippen LogP contribution in [0.1, 0.15) is 56.8 Å². The Balaban J connectivity index is 1.96. The number of unbranched alkanes of at least 4 members (excludes halogenated alkanes) is 1. The van der Waals surface area contributed by atoms with Crippen molar-refractivity contribution in [2.24, 2.45) is 0 Å². The summed E-state index contributed by atoms with van der Waals surface area (Å²) in [6.45, 7) is 7.19. The molecule has 0 bridgehead atoms. The molecule has 23 heavy (non-hydrogen) atoms. The van der Waals surface area contributed by atoms with E-state index in [-0.39, 0.29) is 5.91 Å². The molecule has 0 aliphatic heterocycles. The quantitative estimate of drug-likeness (QED) is 0.776. The summed E-state index contributed by atoms with van der Waals surface area (Å²) in [6, 6.07) is 2.30. The Kier molecular flexibility index (Phi) is 6.11. The number of amides is 1. The summed E-state index contributed by atoms with van der Waals surface area (Å²) in [5.41, 5.74) is 1.56. The summed E-state index contributed by atoms with van der Waals surface area (Å²) in [4.78, 5) is 16.8. The number of rotatable bonds is 7. The molecule has 0 unspecified atom stereocenters. The second kappa shape index (κ2) is 7.87. The zero-order valence-electron chi connectivity index (χ0n) is 14.3. The van der Waals surface area contributed by atoms with E-state index in [2.05, 4.69) is 34.8 Å². The molecule has 1 N–H and O–H groups in total. The van der Waals surface area contributed by atoms with Crippen molar-refractivity contribution < 1.29 is 4.79 Å². The number of nitrogens with one attached hydrogen (secondary N) is 1. The van der Waals surface area contributed by atoms with E-state index >= 15 is 0 Å². The van der Waals surface area contributed by atoms with Gasteiger partial charge >= 0.3 is 0 Å². The monoisotopic (exact) mass is 334 g/mol. The minimum absolute atomic E-state index is 0.0706. The van der Waals surface area contributed by atoms with Crippen molar-refractivity contribution in [3.8, 4) is 6.07 Å². The van der Waals surface area contributed by atoms with Gasteiger partial charge in [-0.1, -0.05) is 25.1 Å². The minimum Gasteiger partial charge on any atom is -0.337 e. The summed E-state index contributed by atoms with van der Waals surface area (Å²) in [5.74, 6) is 0.240. The van der Waals surface area contributed by atoms with Crippen LogP contribution in [0.25, 0.3) is 0 Å². The van der Waals surface area contributed by atoms with E-state index < -0.39 is 5.54 Å².